The summed E-state index contributed by atoms with van der Waals surface area (Å²) in [5, 5.41) is 3.22. The molecule has 21 heavy (non-hydrogen) atoms. The Balaban J connectivity index is 1.61. The number of aryl methyl sites for hydroxylation is 1. The van der Waals surface area contributed by atoms with E-state index in [2.05, 4.69) is 34.2 Å². The molecule has 4 atom stereocenters. The number of rotatable bonds is 2. The van der Waals surface area contributed by atoms with Gasteiger partial charge in [0, 0.05) is 10.0 Å². The average molecular weight is 348 g/mol. The van der Waals surface area contributed by atoms with Gasteiger partial charge in [-0.25, -0.2) is 0 Å². The topological polar surface area (TPSA) is 29.1 Å². The number of alkyl halides is 1. The molecule has 2 unspecified atom stereocenters. The molecule has 1 N–H and O–H groups in total. The fourth-order valence-electron chi connectivity index (χ4n) is 5.38. The highest BCUT2D eigenvalue weighted by Crippen LogP contribution is 2.64. The highest BCUT2D eigenvalue weighted by atomic mass is 79.9. The zero-order chi connectivity index (χ0) is 14.7. The molecule has 0 saturated heterocycles. The van der Waals surface area contributed by atoms with Crippen LogP contribution < -0.4 is 5.32 Å². The third-order valence-electron chi connectivity index (χ3n) is 5.86. The fraction of sp³-hybridized carbons (Fsp3) is 0.611. The Morgan fingerprint density at radius 3 is 2.48 bits per heavy atom. The van der Waals surface area contributed by atoms with Crippen molar-refractivity contribution in [2.45, 2.75) is 49.8 Å². The summed E-state index contributed by atoms with van der Waals surface area (Å²) >= 11 is 3.98. The Bertz CT molecular complexity index is 583. The molecule has 4 saturated carbocycles. The predicted molar refractivity (Wildman–Crippen MR) is 88.6 cm³/mol. The summed E-state index contributed by atoms with van der Waals surface area (Å²) in [6, 6.07) is 8.08. The first-order chi connectivity index (χ1) is 9.98. The summed E-state index contributed by atoms with van der Waals surface area (Å²) in [6.07, 6.45) is 7.08. The second-order valence-corrected chi connectivity index (χ2v) is 9.34. The minimum atomic E-state index is -0.129. The molecule has 4 aliphatic rings. The first-order valence-corrected chi connectivity index (χ1v) is 8.83. The molecule has 4 bridgehead atoms. The molecule has 4 aliphatic carbocycles. The normalized spacial score (nSPS) is 40.3. The third-order valence-corrected chi connectivity index (χ3v) is 6.79. The van der Waals surface area contributed by atoms with Gasteiger partial charge in [-0.15, -0.1) is 0 Å². The summed E-state index contributed by atoms with van der Waals surface area (Å²) < 4.78 is 0.236. The number of halogens is 1. The second kappa shape index (κ2) is 4.58. The quantitative estimate of drug-likeness (QED) is 0.774. The van der Waals surface area contributed by atoms with Crippen LogP contribution in [0.2, 0.25) is 0 Å². The molecular formula is C18H22BrNO. The molecule has 0 aromatic heterocycles. The van der Waals surface area contributed by atoms with Crippen LogP contribution in [0.5, 0.6) is 0 Å². The maximum absolute atomic E-state index is 13.0. The van der Waals surface area contributed by atoms with Crippen LogP contribution in [0.3, 0.4) is 0 Å². The molecule has 112 valence electrons. The van der Waals surface area contributed by atoms with Crippen molar-refractivity contribution in [1.29, 1.82) is 0 Å². The van der Waals surface area contributed by atoms with Gasteiger partial charge in [-0.3, -0.25) is 4.79 Å². The Hall–Kier alpha value is -0.830. The number of nitrogens with one attached hydrogen (secondary N) is 1. The minimum Gasteiger partial charge on any atom is -0.325 e. The zero-order valence-electron chi connectivity index (χ0n) is 12.5. The van der Waals surface area contributed by atoms with E-state index in [1.807, 2.05) is 18.2 Å². The largest absolute Gasteiger partial charge is 0.325 e. The van der Waals surface area contributed by atoms with Crippen molar-refractivity contribution in [1.82, 2.24) is 0 Å². The fourth-order valence-corrected chi connectivity index (χ4v) is 6.84. The summed E-state index contributed by atoms with van der Waals surface area (Å²) in [5.41, 5.74) is 1.99. The van der Waals surface area contributed by atoms with Crippen LogP contribution in [-0.4, -0.2) is 10.2 Å². The van der Waals surface area contributed by atoms with Gasteiger partial charge in [-0.2, -0.15) is 0 Å². The van der Waals surface area contributed by atoms with Gasteiger partial charge >= 0.3 is 0 Å². The lowest BCUT2D eigenvalue weighted by molar-refractivity contribution is -0.138. The van der Waals surface area contributed by atoms with Gasteiger partial charge in [0.25, 0.3) is 0 Å². The summed E-state index contributed by atoms with van der Waals surface area (Å²) in [4.78, 5) is 13.0. The molecule has 1 aromatic rings. The second-order valence-electron chi connectivity index (χ2n) is 7.66. The lowest BCUT2D eigenvalue weighted by Gasteiger charge is -2.59. The van der Waals surface area contributed by atoms with Gasteiger partial charge < -0.3 is 5.32 Å². The number of carbonyl (C=O) groups is 1. The van der Waals surface area contributed by atoms with Crippen molar-refractivity contribution < 1.29 is 4.79 Å². The van der Waals surface area contributed by atoms with Crippen LogP contribution in [0, 0.1) is 24.2 Å². The van der Waals surface area contributed by atoms with Crippen molar-refractivity contribution in [3.8, 4) is 0 Å². The van der Waals surface area contributed by atoms with Crippen molar-refractivity contribution in [3.63, 3.8) is 0 Å². The van der Waals surface area contributed by atoms with Crippen molar-refractivity contribution >= 4 is 27.5 Å². The smallest absolute Gasteiger partial charge is 0.230 e. The Labute approximate surface area is 134 Å². The van der Waals surface area contributed by atoms with E-state index in [1.165, 1.54) is 19.3 Å². The number of para-hydroxylation sites is 1. The van der Waals surface area contributed by atoms with Crippen LogP contribution in [-0.2, 0) is 4.79 Å². The van der Waals surface area contributed by atoms with Crippen LogP contribution >= 0.6 is 15.9 Å². The standard InChI is InChI=1S/C18H22BrNO/c1-12-4-2-3-5-15(12)20-16(21)17-7-13-6-14(8-17)10-18(19,9-13)11-17/h2-5,13-14H,6-11H2,1H3,(H,20,21)/t13-,14+,17?,18?. The Morgan fingerprint density at radius 1 is 1.19 bits per heavy atom. The summed E-state index contributed by atoms with van der Waals surface area (Å²) in [5.74, 6) is 1.75. The zero-order valence-corrected chi connectivity index (χ0v) is 14.1. The van der Waals surface area contributed by atoms with Crippen molar-refractivity contribution in [3.05, 3.63) is 29.8 Å². The molecule has 0 radical (unpaired) electrons. The molecule has 5 rings (SSSR count). The molecule has 0 aliphatic heterocycles. The van der Waals surface area contributed by atoms with Crippen LogP contribution in [0.15, 0.2) is 24.3 Å². The summed E-state index contributed by atoms with van der Waals surface area (Å²) in [7, 11) is 0. The van der Waals surface area contributed by atoms with E-state index in [-0.39, 0.29) is 15.6 Å². The number of hydrogen-bond donors (Lipinski definition) is 1. The highest BCUT2D eigenvalue weighted by molar-refractivity contribution is 9.10. The van der Waals surface area contributed by atoms with Gasteiger partial charge in [0.05, 0.1) is 5.41 Å². The van der Waals surface area contributed by atoms with Gasteiger partial charge in [0.15, 0.2) is 0 Å². The number of benzene rings is 1. The van der Waals surface area contributed by atoms with Crippen molar-refractivity contribution in [2.24, 2.45) is 17.3 Å². The van der Waals surface area contributed by atoms with E-state index in [4.69, 9.17) is 0 Å². The molecular weight excluding hydrogens is 326 g/mol. The van der Waals surface area contributed by atoms with Crippen molar-refractivity contribution in [2.75, 3.05) is 5.32 Å². The van der Waals surface area contributed by atoms with Gasteiger partial charge in [-0.05, 0) is 68.9 Å². The number of carbonyl (C=O) groups excluding carboxylic acids is 1. The van der Waals surface area contributed by atoms with Gasteiger partial charge in [0.1, 0.15) is 0 Å². The monoisotopic (exact) mass is 347 g/mol. The van der Waals surface area contributed by atoms with E-state index in [9.17, 15) is 4.79 Å². The average Bonchev–Trinajstić information content (AvgIpc) is 2.38. The van der Waals surface area contributed by atoms with E-state index in [0.717, 1.165) is 42.3 Å². The maximum atomic E-state index is 13.0. The van der Waals surface area contributed by atoms with Gasteiger partial charge in [-0.1, -0.05) is 34.1 Å². The van der Waals surface area contributed by atoms with Crippen LogP contribution in [0.1, 0.15) is 44.1 Å². The lowest BCUT2D eigenvalue weighted by Crippen LogP contribution is -2.57. The molecule has 0 heterocycles. The minimum absolute atomic E-state index is 0.129. The first kappa shape index (κ1) is 13.8. The van der Waals surface area contributed by atoms with E-state index in [1.54, 1.807) is 0 Å². The van der Waals surface area contributed by atoms with E-state index in [0.29, 0.717) is 0 Å². The molecule has 1 amide bonds. The molecule has 2 nitrogen and oxygen atoms in total. The molecule has 4 fully saturated rings. The highest BCUT2D eigenvalue weighted by Gasteiger charge is 2.59. The Morgan fingerprint density at radius 2 is 1.86 bits per heavy atom. The number of amides is 1. The maximum Gasteiger partial charge on any atom is 0.230 e. The summed E-state index contributed by atoms with van der Waals surface area (Å²) in [6.45, 7) is 2.06. The van der Waals surface area contributed by atoms with Crippen LogP contribution in [0.25, 0.3) is 0 Å². The van der Waals surface area contributed by atoms with E-state index >= 15 is 0 Å². The third kappa shape index (κ3) is 2.25. The van der Waals surface area contributed by atoms with Crippen LogP contribution in [0.4, 0.5) is 5.69 Å². The van der Waals surface area contributed by atoms with E-state index < -0.39 is 0 Å². The first-order valence-electron chi connectivity index (χ1n) is 8.04. The lowest BCUT2D eigenvalue weighted by atomic mass is 9.49. The molecule has 1 aromatic carbocycles. The van der Waals surface area contributed by atoms with Gasteiger partial charge in [0.2, 0.25) is 5.91 Å². The Kier molecular flexibility index (Phi) is 3.01. The SMILES string of the molecule is Cc1ccccc1NC(=O)C12C[C@@H]3C[C@@H](CC(Br)(C3)C1)C2. The molecule has 0 spiro atoms. The number of hydrogen-bond acceptors (Lipinski definition) is 1. The molecule has 3 heteroatoms. The predicted octanol–water partition coefficient (Wildman–Crippen LogP) is 4.67. The number of anilines is 1.